The minimum absolute atomic E-state index is 0.0184. The quantitative estimate of drug-likeness (QED) is 0.149. The number of nitrogens with zero attached hydrogens (tertiary/aromatic N) is 2. The van der Waals surface area contributed by atoms with Crippen LogP contribution in [-0.2, 0) is 15.6 Å². The van der Waals surface area contributed by atoms with E-state index in [4.69, 9.17) is 14.1 Å². The predicted molar refractivity (Wildman–Crippen MR) is 176 cm³/mol. The zero-order chi connectivity index (χ0) is 31.6. The number of amides is 1. The highest BCUT2D eigenvalue weighted by Crippen LogP contribution is 2.41. The molecule has 0 radical (unpaired) electrons. The maximum atomic E-state index is 13.7. The third-order valence-corrected chi connectivity index (χ3v) is 13.5. The first-order valence-electron chi connectivity index (χ1n) is 14.7. The van der Waals surface area contributed by atoms with Gasteiger partial charge >= 0.3 is 6.09 Å². The number of benzene rings is 2. The number of hydrogen-bond donors (Lipinski definition) is 1. The Morgan fingerprint density at radius 2 is 1.67 bits per heavy atom. The number of carbonyl (C=O) groups excluding carboxylic acids is 1. The van der Waals surface area contributed by atoms with Crippen LogP contribution in [0.2, 0.25) is 18.1 Å². The monoisotopic (exact) mass is 621 g/mol. The third kappa shape index (κ3) is 8.71. The number of thiazole rings is 1. The molecule has 2 aromatic carbocycles. The highest BCUT2D eigenvalue weighted by atomic mass is 32.1. The summed E-state index contributed by atoms with van der Waals surface area (Å²) in [6.45, 7) is 18.8. The molecule has 0 fully saturated rings. The molecule has 4 aromatic rings. The standard InChI is InChI=1S/C34H44FN3O3SSi/c1-22-10-12-23(13-11-22)31(41-43(8,9)34(5,6)7)27(38-32(39)40-33(2,3)4)16-17-30-37-21-28(42-30)24-14-15-25-20-36-29(35)19-26(25)18-24/h10-15,18-21,27,31H,16-17H2,1-9H3,(H,38,39)/t27-,31+/m1/s1. The Labute approximate surface area is 260 Å². The molecule has 0 saturated carbocycles. The molecule has 0 unspecified atom stereocenters. The number of alkyl carbamates (subject to hydrolysis) is 1. The zero-order valence-corrected chi connectivity index (χ0v) is 28.6. The van der Waals surface area contributed by atoms with E-state index in [0.29, 0.717) is 12.8 Å². The number of hydrogen-bond acceptors (Lipinski definition) is 6. The fourth-order valence-corrected chi connectivity index (χ4v) is 6.71. The van der Waals surface area contributed by atoms with Gasteiger partial charge in [-0.2, -0.15) is 4.39 Å². The van der Waals surface area contributed by atoms with Gasteiger partial charge in [-0.05, 0) is 74.8 Å². The van der Waals surface area contributed by atoms with Crippen molar-refractivity contribution in [2.75, 3.05) is 0 Å². The topological polar surface area (TPSA) is 73.3 Å². The highest BCUT2D eigenvalue weighted by Gasteiger charge is 2.41. The molecule has 0 aliphatic heterocycles. The van der Waals surface area contributed by atoms with E-state index in [1.165, 1.54) is 6.07 Å². The lowest BCUT2D eigenvalue weighted by molar-refractivity contribution is 0.0425. The minimum Gasteiger partial charge on any atom is -0.444 e. The molecule has 2 atom stereocenters. The van der Waals surface area contributed by atoms with Gasteiger partial charge in [0.15, 0.2) is 8.32 Å². The van der Waals surface area contributed by atoms with Gasteiger partial charge in [0.1, 0.15) is 5.60 Å². The van der Waals surface area contributed by atoms with Gasteiger partial charge < -0.3 is 14.5 Å². The summed E-state index contributed by atoms with van der Waals surface area (Å²) in [7, 11) is -2.24. The number of aryl methyl sites for hydroxylation is 2. The summed E-state index contributed by atoms with van der Waals surface area (Å²) < 4.78 is 26.5. The second kappa shape index (κ2) is 12.8. The molecule has 0 spiro atoms. The summed E-state index contributed by atoms with van der Waals surface area (Å²) in [4.78, 5) is 22.6. The zero-order valence-electron chi connectivity index (χ0n) is 26.7. The van der Waals surface area contributed by atoms with Crippen molar-refractivity contribution >= 4 is 36.5 Å². The average molecular weight is 622 g/mol. The van der Waals surface area contributed by atoms with Crippen molar-refractivity contribution in [2.24, 2.45) is 0 Å². The van der Waals surface area contributed by atoms with Crippen molar-refractivity contribution in [3.63, 3.8) is 0 Å². The maximum absolute atomic E-state index is 13.7. The fraction of sp³-hybridized carbons (Fsp3) is 0.441. The lowest BCUT2D eigenvalue weighted by atomic mass is 9.97. The Morgan fingerprint density at radius 3 is 2.33 bits per heavy atom. The summed E-state index contributed by atoms with van der Waals surface area (Å²) in [5, 5.41) is 5.77. The molecular weight excluding hydrogens is 578 g/mol. The van der Waals surface area contributed by atoms with E-state index in [9.17, 15) is 9.18 Å². The minimum atomic E-state index is -2.24. The van der Waals surface area contributed by atoms with Gasteiger partial charge in [-0.3, -0.25) is 0 Å². The van der Waals surface area contributed by atoms with Crippen molar-refractivity contribution in [3.8, 4) is 10.4 Å². The molecule has 43 heavy (non-hydrogen) atoms. The van der Waals surface area contributed by atoms with Gasteiger partial charge in [-0.15, -0.1) is 11.3 Å². The molecule has 2 heterocycles. The number of rotatable bonds is 9. The Hall–Kier alpha value is -3.14. The van der Waals surface area contributed by atoms with Gasteiger partial charge in [0, 0.05) is 30.3 Å². The van der Waals surface area contributed by atoms with Gasteiger partial charge in [0.2, 0.25) is 5.95 Å². The number of pyridine rings is 1. The Morgan fingerprint density at radius 1 is 0.977 bits per heavy atom. The first-order chi connectivity index (χ1) is 20.0. The van der Waals surface area contributed by atoms with Crippen LogP contribution in [0.25, 0.3) is 21.2 Å². The number of carbonyl (C=O) groups is 1. The normalized spacial score (nSPS) is 14.0. The second-order valence-electron chi connectivity index (χ2n) is 13.7. The number of ether oxygens (including phenoxy) is 1. The van der Waals surface area contributed by atoms with Crippen molar-refractivity contribution in [3.05, 3.63) is 83.0 Å². The SMILES string of the molecule is Cc1ccc([C@H](O[Si](C)(C)C(C)(C)C)[C@@H](CCc2ncc(-c3ccc4cnc(F)cc4c3)s2)NC(=O)OC(C)(C)C)cc1. The summed E-state index contributed by atoms with van der Waals surface area (Å²) in [5.41, 5.74) is 2.53. The molecule has 2 aromatic heterocycles. The smallest absolute Gasteiger partial charge is 0.407 e. The van der Waals surface area contributed by atoms with Crippen molar-refractivity contribution < 1.29 is 18.3 Å². The molecule has 0 bridgehead atoms. The van der Waals surface area contributed by atoms with Crippen LogP contribution in [-0.4, -0.2) is 36.0 Å². The summed E-state index contributed by atoms with van der Waals surface area (Å²) in [5.74, 6) is -0.499. The third-order valence-electron chi connectivity index (χ3n) is 7.90. The molecule has 0 aliphatic rings. The highest BCUT2D eigenvalue weighted by molar-refractivity contribution is 7.15. The van der Waals surface area contributed by atoms with Crippen molar-refractivity contribution in [2.45, 2.75) is 97.2 Å². The molecule has 4 rings (SSSR count). The van der Waals surface area contributed by atoms with Gasteiger partial charge in [-0.1, -0.05) is 62.7 Å². The van der Waals surface area contributed by atoms with Crippen LogP contribution >= 0.6 is 11.3 Å². The molecule has 6 nitrogen and oxygen atoms in total. The van der Waals surface area contributed by atoms with E-state index in [1.807, 2.05) is 45.2 Å². The second-order valence-corrected chi connectivity index (χ2v) is 19.6. The van der Waals surface area contributed by atoms with E-state index in [-0.39, 0.29) is 17.2 Å². The molecular formula is C34H44FN3O3SSi. The summed E-state index contributed by atoms with van der Waals surface area (Å²) >= 11 is 1.60. The Balaban J connectivity index is 1.63. The van der Waals surface area contributed by atoms with Crippen LogP contribution in [0.15, 0.2) is 60.9 Å². The predicted octanol–water partition coefficient (Wildman–Crippen LogP) is 9.39. The largest absolute Gasteiger partial charge is 0.444 e. The summed E-state index contributed by atoms with van der Waals surface area (Å²) in [6, 6.07) is 15.4. The van der Waals surface area contributed by atoms with Crippen LogP contribution in [0.3, 0.4) is 0 Å². The molecule has 0 saturated heterocycles. The van der Waals surface area contributed by atoms with E-state index < -0.39 is 26.0 Å². The lowest BCUT2D eigenvalue weighted by Crippen LogP contribution is -2.49. The Kier molecular flexibility index (Phi) is 9.78. The van der Waals surface area contributed by atoms with E-state index in [2.05, 4.69) is 75.4 Å². The van der Waals surface area contributed by atoms with Gasteiger partial charge in [0.25, 0.3) is 0 Å². The van der Waals surface area contributed by atoms with Crippen molar-refractivity contribution in [1.29, 1.82) is 0 Å². The van der Waals surface area contributed by atoms with Crippen LogP contribution < -0.4 is 5.32 Å². The van der Waals surface area contributed by atoms with E-state index in [1.54, 1.807) is 17.5 Å². The van der Waals surface area contributed by atoms with Gasteiger partial charge in [-0.25, -0.2) is 14.8 Å². The van der Waals surface area contributed by atoms with Crippen molar-refractivity contribution in [1.82, 2.24) is 15.3 Å². The summed E-state index contributed by atoms with van der Waals surface area (Å²) in [6.07, 6.45) is 3.82. The fourth-order valence-electron chi connectivity index (χ4n) is 4.50. The first-order valence-corrected chi connectivity index (χ1v) is 18.5. The maximum Gasteiger partial charge on any atom is 0.407 e. The first kappa shape index (κ1) is 32.8. The molecule has 0 aliphatic carbocycles. The number of nitrogens with one attached hydrogen (secondary N) is 1. The number of aromatic nitrogens is 2. The van der Waals surface area contributed by atoms with Crippen LogP contribution in [0.4, 0.5) is 9.18 Å². The van der Waals surface area contributed by atoms with Crippen LogP contribution in [0, 0.1) is 12.9 Å². The molecule has 9 heteroatoms. The van der Waals surface area contributed by atoms with E-state index >= 15 is 0 Å². The molecule has 230 valence electrons. The molecule has 1 N–H and O–H groups in total. The van der Waals surface area contributed by atoms with Gasteiger partial charge in [0.05, 0.1) is 22.0 Å². The lowest BCUT2D eigenvalue weighted by Gasteiger charge is -2.42. The average Bonchev–Trinajstić information content (AvgIpc) is 3.37. The van der Waals surface area contributed by atoms with Crippen LogP contribution in [0.5, 0.6) is 0 Å². The van der Waals surface area contributed by atoms with Crippen LogP contribution in [0.1, 0.15) is 70.2 Å². The number of halogens is 1. The number of fused-ring (bicyclic) bond motifs is 1. The molecule has 1 amide bonds. The Bertz CT molecular complexity index is 1560. The van der Waals surface area contributed by atoms with E-state index in [0.717, 1.165) is 37.3 Å².